The molecule has 0 aromatic heterocycles. The summed E-state index contributed by atoms with van der Waals surface area (Å²) in [6.07, 6.45) is 0. The quantitative estimate of drug-likeness (QED) is 0.626. The topological polar surface area (TPSA) is 9.23 Å². The molecule has 0 aliphatic carbocycles. The third kappa shape index (κ3) is 4.07. The molecule has 20 heavy (non-hydrogen) atoms. The molecule has 0 aliphatic heterocycles. The van der Waals surface area contributed by atoms with Gasteiger partial charge in [0.15, 0.2) is 0 Å². The van der Waals surface area contributed by atoms with Gasteiger partial charge < -0.3 is 0 Å². The van der Waals surface area contributed by atoms with Crippen molar-refractivity contribution in [1.29, 1.82) is 0 Å². The number of hydrogen-bond acceptors (Lipinski definition) is 1. The van der Waals surface area contributed by atoms with Crippen molar-refractivity contribution < 1.29 is 4.74 Å². The Morgan fingerprint density at radius 3 is 2.15 bits per heavy atom. The summed E-state index contributed by atoms with van der Waals surface area (Å²) in [5.41, 5.74) is 0.916. The molecule has 106 valence electrons. The molecule has 0 saturated heterocycles. The predicted molar refractivity (Wildman–Crippen MR) is 90.4 cm³/mol. The molecule has 2 aromatic rings. The van der Waals surface area contributed by atoms with E-state index in [1.807, 2.05) is 58.7 Å². The van der Waals surface area contributed by atoms with Crippen LogP contribution in [0.5, 0.6) is 5.75 Å². The van der Waals surface area contributed by atoms with Crippen LogP contribution in [0.2, 0.25) is 0 Å². The summed E-state index contributed by atoms with van der Waals surface area (Å²) in [6, 6.07) is 17.1. The van der Waals surface area contributed by atoms with Crippen molar-refractivity contribution in [3.8, 4) is 5.75 Å². The Labute approximate surface area is 135 Å². The second-order valence-electron chi connectivity index (χ2n) is 4.02. The van der Waals surface area contributed by atoms with E-state index in [0.29, 0.717) is 5.03 Å². The van der Waals surface area contributed by atoms with Gasteiger partial charge in [-0.1, -0.05) is 0 Å². The molecule has 0 saturated carbocycles. The van der Waals surface area contributed by atoms with E-state index < -0.39 is 15.9 Å². The monoisotopic (exact) mass is 444 g/mol. The van der Waals surface area contributed by atoms with Crippen LogP contribution in [0.25, 0.3) is 5.03 Å². The van der Waals surface area contributed by atoms with Crippen LogP contribution in [0.4, 0.5) is 0 Å². The van der Waals surface area contributed by atoms with E-state index in [0.717, 1.165) is 14.9 Å². The Bertz CT molecular complexity index is 594. The molecular formula is C15H13Cl3OTe. The fourth-order valence-electron chi connectivity index (χ4n) is 1.62. The van der Waals surface area contributed by atoms with Crippen molar-refractivity contribution in [2.75, 3.05) is 7.11 Å². The van der Waals surface area contributed by atoms with Crippen LogP contribution in [-0.2, 0) is 0 Å². The summed E-state index contributed by atoms with van der Waals surface area (Å²) >= 11 is 2.97. The fourth-order valence-corrected chi connectivity index (χ4v) is 8.77. The third-order valence-corrected chi connectivity index (χ3v) is 11.1. The second-order valence-corrected chi connectivity index (χ2v) is 16.9. The van der Waals surface area contributed by atoms with E-state index in [-0.39, 0.29) is 0 Å². The van der Waals surface area contributed by atoms with Gasteiger partial charge in [0.25, 0.3) is 0 Å². The molecule has 0 heterocycles. The minimum atomic E-state index is -3.34. The average molecular weight is 443 g/mol. The molecule has 0 spiro atoms. The Morgan fingerprint density at radius 2 is 1.60 bits per heavy atom. The zero-order valence-electron chi connectivity index (χ0n) is 10.7. The molecule has 0 bridgehead atoms. The van der Waals surface area contributed by atoms with Gasteiger partial charge >= 0.3 is 136 Å². The number of ether oxygens (including phenoxy) is 1. The first-order valence-electron chi connectivity index (χ1n) is 5.82. The normalized spacial score (nSPS) is 13.1. The van der Waals surface area contributed by atoms with Gasteiger partial charge in [-0.05, 0) is 0 Å². The number of halogens is 3. The molecule has 0 amide bonds. The molecule has 0 fully saturated rings. The summed E-state index contributed by atoms with van der Waals surface area (Å²) in [4.78, 5) is 0. The molecule has 1 nitrogen and oxygen atoms in total. The maximum atomic E-state index is 6.56. The van der Waals surface area contributed by atoms with Gasteiger partial charge in [-0.25, -0.2) is 0 Å². The van der Waals surface area contributed by atoms with Crippen molar-refractivity contribution in [2.45, 2.75) is 0 Å². The summed E-state index contributed by atoms with van der Waals surface area (Å²) in [6.45, 7) is 0. The van der Waals surface area contributed by atoms with E-state index >= 15 is 0 Å². The average Bonchev–Trinajstić information content (AvgIpc) is 2.48. The Hall–Kier alpha value is -0.360. The van der Waals surface area contributed by atoms with Crippen LogP contribution in [0.3, 0.4) is 0 Å². The molecule has 0 aliphatic rings. The molecule has 2 rings (SSSR count). The van der Waals surface area contributed by atoms with E-state index in [1.54, 1.807) is 7.11 Å². The molecule has 0 N–H and O–H groups in total. The molecule has 5 heteroatoms. The van der Waals surface area contributed by atoms with Crippen molar-refractivity contribution in [1.82, 2.24) is 0 Å². The Morgan fingerprint density at radius 1 is 1.00 bits per heavy atom. The molecule has 0 unspecified atom stereocenters. The van der Waals surface area contributed by atoms with Crippen LogP contribution in [0.15, 0.2) is 58.7 Å². The first-order chi connectivity index (χ1) is 9.53. The standard InChI is InChI=1S/C15H13Cl3OTe/c1-19-13-7-9-14(10-8-13)20(17,18)11-15(16)12-5-3-2-4-6-12/h2-11H,1H3/b15-11+. The number of methoxy groups -OCH3 is 1. The van der Waals surface area contributed by atoms with E-state index in [1.165, 1.54) is 0 Å². The van der Waals surface area contributed by atoms with Crippen molar-refractivity contribution in [3.63, 3.8) is 0 Å². The zero-order valence-corrected chi connectivity index (χ0v) is 15.3. The summed E-state index contributed by atoms with van der Waals surface area (Å²) in [5, 5.41) is 0.590. The van der Waals surface area contributed by atoms with Gasteiger partial charge in [-0.15, -0.1) is 0 Å². The van der Waals surface area contributed by atoms with E-state index in [2.05, 4.69) is 0 Å². The number of rotatable bonds is 4. The first kappa shape index (κ1) is 16.0. The number of hydrogen-bond donors (Lipinski definition) is 0. The SMILES string of the molecule is COc1ccc([Te](Cl)(Cl)/C=C(/Cl)c2ccccc2)cc1. The zero-order chi connectivity index (χ0) is 14.6. The summed E-state index contributed by atoms with van der Waals surface area (Å²) < 4.78 is 7.86. The van der Waals surface area contributed by atoms with Gasteiger partial charge in [0.2, 0.25) is 0 Å². The van der Waals surface area contributed by atoms with Crippen LogP contribution in [0, 0.1) is 0 Å². The van der Waals surface area contributed by atoms with Gasteiger partial charge in [0.1, 0.15) is 0 Å². The van der Waals surface area contributed by atoms with Gasteiger partial charge in [-0.2, -0.15) is 0 Å². The summed E-state index contributed by atoms with van der Waals surface area (Å²) in [5.74, 6) is 0.777. The third-order valence-electron chi connectivity index (χ3n) is 2.67. The first-order valence-corrected chi connectivity index (χ1v) is 14.6. The van der Waals surface area contributed by atoms with Crippen LogP contribution >= 0.6 is 29.5 Å². The van der Waals surface area contributed by atoms with Crippen LogP contribution in [0.1, 0.15) is 5.56 Å². The van der Waals surface area contributed by atoms with Crippen molar-refractivity contribution in [3.05, 3.63) is 64.3 Å². The van der Waals surface area contributed by atoms with E-state index in [9.17, 15) is 0 Å². The Balaban J connectivity index is 2.29. The van der Waals surface area contributed by atoms with Crippen LogP contribution < -0.4 is 8.35 Å². The fraction of sp³-hybridized carbons (Fsp3) is 0.0667. The van der Waals surface area contributed by atoms with E-state index in [4.69, 9.17) is 34.3 Å². The van der Waals surface area contributed by atoms with Crippen molar-refractivity contribution >= 4 is 54.1 Å². The van der Waals surface area contributed by atoms with Gasteiger partial charge in [-0.3, -0.25) is 0 Å². The molecule has 2 aromatic carbocycles. The van der Waals surface area contributed by atoms with Crippen molar-refractivity contribution in [2.24, 2.45) is 0 Å². The molecule has 0 atom stereocenters. The molecular weight excluding hydrogens is 430 g/mol. The maximum absolute atomic E-state index is 6.56. The molecule has 0 radical (unpaired) electrons. The predicted octanol–water partition coefficient (Wildman–Crippen LogP) is 4.64. The number of benzene rings is 2. The second kappa shape index (κ2) is 7.07. The van der Waals surface area contributed by atoms with Gasteiger partial charge in [0, 0.05) is 0 Å². The summed E-state index contributed by atoms with van der Waals surface area (Å²) in [7, 11) is 14.7. The van der Waals surface area contributed by atoms with Crippen LogP contribution in [-0.4, -0.2) is 23.1 Å². The minimum absolute atomic E-state index is 0.590. The van der Waals surface area contributed by atoms with Gasteiger partial charge in [0.05, 0.1) is 0 Å². The Kier molecular flexibility index (Phi) is 5.66.